The topological polar surface area (TPSA) is 43.4 Å². The van der Waals surface area contributed by atoms with Gasteiger partial charge < -0.3 is 0 Å². The lowest BCUT2D eigenvalue weighted by molar-refractivity contribution is 0.248. The second-order valence-electron chi connectivity index (χ2n) is 4.11. The first-order chi connectivity index (χ1) is 7.45. The molecule has 0 aliphatic carbocycles. The molecule has 0 fully saturated rings. The summed E-state index contributed by atoms with van der Waals surface area (Å²) in [6.07, 6.45) is 5.93. The number of unbranched alkanes of at least 4 members (excludes halogenated alkanes) is 3. The van der Waals surface area contributed by atoms with E-state index in [1.807, 2.05) is 0 Å². The zero-order valence-electron chi connectivity index (χ0n) is 10.2. The third-order valence-electron chi connectivity index (χ3n) is 2.33. The molecule has 0 aromatic carbocycles. The standard InChI is InChI=1S/C11H23FO3S/c1-3-4-5-6-8-11(12)9-7-10-15-16(2,13)14/h11H,3-10H2,1-2H3/t11-/m1/s1. The lowest BCUT2D eigenvalue weighted by Crippen LogP contribution is -2.07. The van der Waals surface area contributed by atoms with Gasteiger partial charge in [0.05, 0.1) is 12.9 Å². The van der Waals surface area contributed by atoms with Gasteiger partial charge >= 0.3 is 0 Å². The highest BCUT2D eigenvalue weighted by atomic mass is 32.2. The Bertz CT molecular complexity index is 252. The summed E-state index contributed by atoms with van der Waals surface area (Å²) in [5.41, 5.74) is 0. The van der Waals surface area contributed by atoms with E-state index in [0.29, 0.717) is 19.3 Å². The molecule has 0 N–H and O–H groups in total. The Kier molecular flexibility index (Phi) is 8.84. The van der Waals surface area contributed by atoms with Crippen molar-refractivity contribution >= 4 is 10.1 Å². The summed E-state index contributed by atoms with van der Waals surface area (Å²) in [5.74, 6) is 0. The summed E-state index contributed by atoms with van der Waals surface area (Å²) >= 11 is 0. The van der Waals surface area contributed by atoms with E-state index in [1.165, 1.54) is 0 Å². The van der Waals surface area contributed by atoms with Gasteiger partial charge in [-0.05, 0) is 19.3 Å². The average Bonchev–Trinajstić information content (AvgIpc) is 2.18. The Balaban J connectivity index is 3.33. The molecule has 0 aliphatic rings. The van der Waals surface area contributed by atoms with Crippen LogP contribution in [0, 0.1) is 0 Å². The minimum absolute atomic E-state index is 0.0915. The molecule has 0 aliphatic heterocycles. The smallest absolute Gasteiger partial charge is 0.264 e. The van der Waals surface area contributed by atoms with Gasteiger partial charge in [-0.2, -0.15) is 8.42 Å². The van der Waals surface area contributed by atoms with Gasteiger partial charge in [-0.25, -0.2) is 4.39 Å². The van der Waals surface area contributed by atoms with Crippen LogP contribution in [0.25, 0.3) is 0 Å². The van der Waals surface area contributed by atoms with Gasteiger partial charge in [0.2, 0.25) is 0 Å². The van der Waals surface area contributed by atoms with Crippen LogP contribution < -0.4 is 0 Å². The molecule has 5 heteroatoms. The van der Waals surface area contributed by atoms with Crippen molar-refractivity contribution < 1.29 is 17.0 Å². The van der Waals surface area contributed by atoms with Crippen molar-refractivity contribution in [2.45, 2.75) is 58.0 Å². The molecule has 0 unspecified atom stereocenters. The van der Waals surface area contributed by atoms with E-state index in [4.69, 9.17) is 0 Å². The molecule has 0 amide bonds. The predicted molar refractivity (Wildman–Crippen MR) is 63.7 cm³/mol. The summed E-state index contributed by atoms with van der Waals surface area (Å²) in [5, 5.41) is 0. The third kappa shape index (κ3) is 11.9. The molecular formula is C11H23FO3S. The molecule has 3 nitrogen and oxygen atoms in total. The first-order valence-electron chi connectivity index (χ1n) is 5.94. The fraction of sp³-hybridized carbons (Fsp3) is 1.00. The Morgan fingerprint density at radius 3 is 2.31 bits per heavy atom. The highest BCUT2D eigenvalue weighted by Gasteiger charge is 2.07. The molecule has 0 radical (unpaired) electrons. The van der Waals surface area contributed by atoms with Gasteiger partial charge in [-0.3, -0.25) is 4.18 Å². The number of rotatable bonds is 10. The van der Waals surface area contributed by atoms with Crippen LogP contribution in [0.2, 0.25) is 0 Å². The lowest BCUT2D eigenvalue weighted by atomic mass is 10.1. The van der Waals surface area contributed by atoms with Crippen LogP contribution in [0.5, 0.6) is 0 Å². The molecule has 0 heterocycles. The van der Waals surface area contributed by atoms with Crippen LogP contribution in [0.3, 0.4) is 0 Å². The summed E-state index contributed by atoms with van der Waals surface area (Å²) in [6.45, 7) is 2.21. The van der Waals surface area contributed by atoms with E-state index in [-0.39, 0.29) is 6.61 Å². The molecule has 0 saturated heterocycles. The zero-order valence-corrected chi connectivity index (χ0v) is 11.1. The summed E-state index contributed by atoms with van der Waals surface area (Å²) in [4.78, 5) is 0. The van der Waals surface area contributed by atoms with Crippen molar-refractivity contribution in [2.75, 3.05) is 12.9 Å². The summed E-state index contributed by atoms with van der Waals surface area (Å²) in [7, 11) is -3.37. The summed E-state index contributed by atoms with van der Waals surface area (Å²) in [6, 6.07) is 0. The van der Waals surface area contributed by atoms with Crippen LogP contribution in [-0.4, -0.2) is 27.5 Å². The van der Waals surface area contributed by atoms with Crippen molar-refractivity contribution in [3.63, 3.8) is 0 Å². The molecule has 1 atom stereocenters. The van der Waals surface area contributed by atoms with Crippen LogP contribution in [0.4, 0.5) is 4.39 Å². The molecule has 98 valence electrons. The lowest BCUT2D eigenvalue weighted by Gasteiger charge is -2.07. The van der Waals surface area contributed by atoms with Gasteiger partial charge in [0.25, 0.3) is 10.1 Å². The maximum absolute atomic E-state index is 13.2. The molecule has 0 bridgehead atoms. The first kappa shape index (κ1) is 15.8. The van der Waals surface area contributed by atoms with Crippen molar-refractivity contribution in [3.05, 3.63) is 0 Å². The van der Waals surface area contributed by atoms with Crippen molar-refractivity contribution in [1.82, 2.24) is 0 Å². The van der Waals surface area contributed by atoms with Crippen LogP contribution in [0.1, 0.15) is 51.9 Å². The number of halogens is 1. The Morgan fingerprint density at radius 2 is 1.75 bits per heavy atom. The second-order valence-corrected chi connectivity index (χ2v) is 5.76. The molecular weight excluding hydrogens is 231 g/mol. The van der Waals surface area contributed by atoms with Crippen LogP contribution >= 0.6 is 0 Å². The van der Waals surface area contributed by atoms with E-state index >= 15 is 0 Å². The van der Waals surface area contributed by atoms with Crippen LogP contribution in [0.15, 0.2) is 0 Å². The van der Waals surface area contributed by atoms with E-state index in [0.717, 1.165) is 31.9 Å². The maximum Gasteiger partial charge on any atom is 0.264 e. The first-order valence-corrected chi connectivity index (χ1v) is 7.76. The highest BCUT2D eigenvalue weighted by Crippen LogP contribution is 2.12. The third-order valence-corrected chi connectivity index (χ3v) is 2.92. The van der Waals surface area contributed by atoms with Gasteiger partial charge in [0.1, 0.15) is 6.17 Å². The quantitative estimate of drug-likeness (QED) is 0.444. The van der Waals surface area contributed by atoms with Crippen molar-refractivity contribution in [3.8, 4) is 0 Å². The van der Waals surface area contributed by atoms with Crippen molar-refractivity contribution in [2.24, 2.45) is 0 Å². The largest absolute Gasteiger partial charge is 0.270 e. The minimum Gasteiger partial charge on any atom is -0.270 e. The zero-order chi connectivity index (χ0) is 12.4. The molecule has 16 heavy (non-hydrogen) atoms. The van der Waals surface area contributed by atoms with Gasteiger partial charge in [0, 0.05) is 0 Å². The van der Waals surface area contributed by atoms with E-state index < -0.39 is 16.3 Å². The highest BCUT2D eigenvalue weighted by molar-refractivity contribution is 7.85. The Hall–Kier alpha value is -0.160. The Morgan fingerprint density at radius 1 is 1.12 bits per heavy atom. The predicted octanol–water partition coefficient (Wildman–Crippen LogP) is 3.05. The molecule has 0 aromatic heterocycles. The minimum atomic E-state index is -3.37. The second kappa shape index (κ2) is 8.93. The monoisotopic (exact) mass is 254 g/mol. The summed E-state index contributed by atoms with van der Waals surface area (Å²) < 4.78 is 39.0. The molecule has 0 saturated carbocycles. The molecule has 0 aromatic rings. The molecule has 0 spiro atoms. The van der Waals surface area contributed by atoms with Crippen LogP contribution in [-0.2, 0) is 14.3 Å². The van der Waals surface area contributed by atoms with E-state index in [1.54, 1.807) is 0 Å². The molecule has 0 rings (SSSR count). The number of hydrogen-bond donors (Lipinski definition) is 0. The maximum atomic E-state index is 13.2. The average molecular weight is 254 g/mol. The fourth-order valence-electron chi connectivity index (χ4n) is 1.45. The van der Waals surface area contributed by atoms with E-state index in [9.17, 15) is 12.8 Å². The van der Waals surface area contributed by atoms with Gasteiger partial charge in [0.15, 0.2) is 0 Å². The van der Waals surface area contributed by atoms with Gasteiger partial charge in [-0.1, -0.05) is 32.6 Å². The van der Waals surface area contributed by atoms with Gasteiger partial charge in [-0.15, -0.1) is 0 Å². The number of hydrogen-bond acceptors (Lipinski definition) is 3. The normalized spacial score (nSPS) is 13.9. The van der Waals surface area contributed by atoms with E-state index in [2.05, 4.69) is 11.1 Å². The fourth-order valence-corrected chi connectivity index (χ4v) is 1.87. The number of alkyl halides is 1. The Labute approximate surface area is 98.5 Å². The SMILES string of the molecule is CCCCCC[C@@H](F)CCCOS(C)(=O)=O. The van der Waals surface area contributed by atoms with Crippen molar-refractivity contribution in [1.29, 1.82) is 0 Å².